The van der Waals surface area contributed by atoms with E-state index in [0.717, 1.165) is 24.9 Å². The largest absolute Gasteiger partial charge is 0.507 e. The number of piperidine rings is 1. The minimum absolute atomic E-state index is 0.0726. The van der Waals surface area contributed by atoms with Crippen LogP contribution in [0.25, 0.3) is 16.3 Å². The molecule has 0 amide bonds. The average Bonchev–Trinajstić information content (AvgIpc) is 3.43. The van der Waals surface area contributed by atoms with Gasteiger partial charge in [0, 0.05) is 50.0 Å². The topological polar surface area (TPSA) is 85.5 Å². The number of fused-ring (bicyclic) bond motifs is 2. The zero-order chi connectivity index (χ0) is 20.9. The van der Waals surface area contributed by atoms with Crippen molar-refractivity contribution in [3.8, 4) is 27.2 Å². The van der Waals surface area contributed by atoms with Crippen molar-refractivity contribution < 1.29 is 14.6 Å². The minimum Gasteiger partial charge on any atom is -0.507 e. The Hall–Kier alpha value is -2.49. The Bertz CT molecular complexity index is 1040. The lowest BCUT2D eigenvalue weighted by Gasteiger charge is -2.43. The number of hydrogen-bond acceptors (Lipinski definition) is 8. The molecule has 30 heavy (non-hydrogen) atoms. The van der Waals surface area contributed by atoms with E-state index < -0.39 is 0 Å². The summed E-state index contributed by atoms with van der Waals surface area (Å²) in [4.78, 5) is 6.47. The third-order valence-corrected chi connectivity index (χ3v) is 7.43. The van der Waals surface area contributed by atoms with Crippen LogP contribution in [0.1, 0.15) is 26.2 Å². The van der Waals surface area contributed by atoms with Gasteiger partial charge in [-0.05, 0) is 32.5 Å². The Kier molecular flexibility index (Phi) is 4.76. The van der Waals surface area contributed by atoms with E-state index in [2.05, 4.69) is 34.1 Å². The van der Waals surface area contributed by atoms with Gasteiger partial charge < -0.3 is 19.1 Å². The molecule has 9 heteroatoms. The van der Waals surface area contributed by atoms with Crippen LogP contribution in [0.4, 0.5) is 0 Å². The molecule has 8 nitrogen and oxygen atoms in total. The van der Waals surface area contributed by atoms with Crippen molar-refractivity contribution in [2.75, 3.05) is 14.2 Å². The van der Waals surface area contributed by atoms with Crippen LogP contribution in [0.5, 0.6) is 10.9 Å². The molecule has 2 aliphatic heterocycles. The summed E-state index contributed by atoms with van der Waals surface area (Å²) in [5.74, 6) is 0.150. The molecule has 2 aromatic heterocycles. The number of benzene rings is 1. The highest BCUT2D eigenvalue weighted by atomic mass is 32.1. The molecule has 5 rings (SSSR count). The predicted molar refractivity (Wildman–Crippen MR) is 113 cm³/mol. The van der Waals surface area contributed by atoms with Gasteiger partial charge >= 0.3 is 0 Å². The van der Waals surface area contributed by atoms with Gasteiger partial charge in [0.05, 0.1) is 23.7 Å². The van der Waals surface area contributed by atoms with Crippen LogP contribution in [0.15, 0.2) is 36.9 Å². The molecule has 3 aromatic rings. The van der Waals surface area contributed by atoms with Crippen LogP contribution in [0, 0.1) is 0 Å². The predicted octanol–water partition coefficient (Wildman–Crippen LogP) is 3.12. The second kappa shape index (κ2) is 7.33. The number of aromatic hydroxyl groups is 1. The summed E-state index contributed by atoms with van der Waals surface area (Å²) >= 11 is 1.36. The normalized spacial score (nSPS) is 28.7. The number of imidazole rings is 1. The van der Waals surface area contributed by atoms with E-state index in [-0.39, 0.29) is 23.5 Å². The highest BCUT2D eigenvalue weighted by Gasteiger charge is 2.53. The molecule has 2 saturated heterocycles. The van der Waals surface area contributed by atoms with Gasteiger partial charge in [-0.3, -0.25) is 4.90 Å². The standard InChI is InChI=1S/C21H25N5O3S/c1-21-10-14(9-16(25(21)2)18(11-21)28-3)29-20-24-23-19(30-20)15-5-4-13(8-17(15)27)26-7-6-22-12-26/h4-8,12,14,16,18,27H,9-11H2,1-3H3/t14-,16+,18-,21-/m1/s1. The lowest BCUT2D eigenvalue weighted by atomic mass is 9.89. The second-order valence-electron chi connectivity index (χ2n) is 8.38. The summed E-state index contributed by atoms with van der Waals surface area (Å²) < 4.78 is 13.8. The quantitative estimate of drug-likeness (QED) is 0.670. The summed E-state index contributed by atoms with van der Waals surface area (Å²) in [5.41, 5.74) is 1.54. The van der Waals surface area contributed by atoms with Gasteiger partial charge in [-0.15, -0.1) is 5.10 Å². The molecule has 2 aliphatic rings. The van der Waals surface area contributed by atoms with Crippen LogP contribution in [-0.2, 0) is 4.74 Å². The van der Waals surface area contributed by atoms with Crippen LogP contribution in [0.3, 0.4) is 0 Å². The molecule has 158 valence electrons. The van der Waals surface area contributed by atoms with Gasteiger partial charge in [0.1, 0.15) is 11.9 Å². The maximum Gasteiger partial charge on any atom is 0.294 e. The Morgan fingerprint density at radius 3 is 2.87 bits per heavy atom. The van der Waals surface area contributed by atoms with Crippen LogP contribution >= 0.6 is 11.3 Å². The minimum atomic E-state index is 0.0726. The molecule has 0 unspecified atom stereocenters. The first-order valence-corrected chi connectivity index (χ1v) is 10.9. The second-order valence-corrected chi connectivity index (χ2v) is 9.32. The average molecular weight is 428 g/mol. The molecular weight excluding hydrogens is 402 g/mol. The van der Waals surface area contributed by atoms with Gasteiger partial charge in [0.15, 0.2) is 5.01 Å². The number of nitrogens with zero attached hydrogens (tertiary/aromatic N) is 5. The Morgan fingerprint density at radius 2 is 2.13 bits per heavy atom. The van der Waals surface area contributed by atoms with E-state index in [9.17, 15) is 5.11 Å². The van der Waals surface area contributed by atoms with Crippen molar-refractivity contribution in [3.05, 3.63) is 36.9 Å². The summed E-state index contributed by atoms with van der Waals surface area (Å²) in [6.07, 6.45) is 8.39. The summed E-state index contributed by atoms with van der Waals surface area (Å²) in [6.45, 7) is 2.28. The van der Waals surface area contributed by atoms with E-state index in [1.807, 2.05) is 22.9 Å². The zero-order valence-electron chi connectivity index (χ0n) is 17.2. The molecule has 1 aromatic carbocycles. The third kappa shape index (κ3) is 3.27. The fourth-order valence-corrected chi connectivity index (χ4v) is 5.65. The maximum atomic E-state index is 10.5. The van der Waals surface area contributed by atoms with Gasteiger partial charge in [0.2, 0.25) is 0 Å². The lowest BCUT2D eigenvalue weighted by molar-refractivity contribution is -0.00133. The van der Waals surface area contributed by atoms with E-state index in [0.29, 0.717) is 21.8 Å². The number of ether oxygens (including phenoxy) is 2. The SMILES string of the molecule is CO[C@@H]1C[C@@]2(C)C[C@H](Oc3nnc(-c4ccc(-n5ccnc5)cc4O)s3)C[C@@H]1N2C. The lowest BCUT2D eigenvalue weighted by Crippen LogP contribution is -2.52. The molecule has 4 heterocycles. The molecule has 0 spiro atoms. The summed E-state index contributed by atoms with van der Waals surface area (Å²) in [6, 6.07) is 5.80. The van der Waals surface area contributed by atoms with E-state index in [4.69, 9.17) is 9.47 Å². The zero-order valence-corrected chi connectivity index (χ0v) is 18.0. The molecule has 1 N–H and O–H groups in total. The molecule has 2 fully saturated rings. The number of hydrogen-bond donors (Lipinski definition) is 1. The molecule has 0 saturated carbocycles. The highest BCUT2D eigenvalue weighted by Crippen LogP contribution is 2.45. The number of rotatable bonds is 5. The monoisotopic (exact) mass is 427 g/mol. The number of phenols is 1. The third-order valence-electron chi connectivity index (χ3n) is 6.58. The van der Waals surface area contributed by atoms with E-state index in [1.54, 1.807) is 25.7 Å². The summed E-state index contributed by atoms with van der Waals surface area (Å²) in [7, 11) is 3.97. The van der Waals surface area contributed by atoms with Crippen molar-refractivity contribution in [1.82, 2.24) is 24.6 Å². The van der Waals surface area contributed by atoms with Crippen molar-refractivity contribution in [1.29, 1.82) is 0 Å². The van der Waals surface area contributed by atoms with Crippen LogP contribution in [0.2, 0.25) is 0 Å². The Morgan fingerprint density at radius 1 is 1.27 bits per heavy atom. The number of methoxy groups -OCH3 is 1. The molecule has 4 atom stereocenters. The maximum absolute atomic E-state index is 10.5. The van der Waals surface area contributed by atoms with Crippen molar-refractivity contribution in [2.45, 2.75) is 50.0 Å². The van der Waals surface area contributed by atoms with Gasteiger partial charge in [-0.1, -0.05) is 16.4 Å². The number of aromatic nitrogens is 4. The van der Waals surface area contributed by atoms with Crippen LogP contribution < -0.4 is 4.74 Å². The summed E-state index contributed by atoms with van der Waals surface area (Å²) in [5, 5.41) is 20.2. The van der Waals surface area contributed by atoms with Crippen molar-refractivity contribution in [2.24, 2.45) is 0 Å². The van der Waals surface area contributed by atoms with Gasteiger partial charge in [-0.25, -0.2) is 4.98 Å². The van der Waals surface area contributed by atoms with E-state index in [1.165, 1.54) is 11.3 Å². The fraction of sp³-hybridized carbons (Fsp3) is 0.476. The molecular formula is C21H25N5O3S. The van der Waals surface area contributed by atoms with E-state index >= 15 is 0 Å². The molecule has 2 bridgehead atoms. The first-order chi connectivity index (χ1) is 14.5. The van der Waals surface area contributed by atoms with Gasteiger partial charge in [0.25, 0.3) is 5.19 Å². The smallest absolute Gasteiger partial charge is 0.294 e. The first-order valence-electron chi connectivity index (χ1n) is 10.0. The van der Waals surface area contributed by atoms with Crippen molar-refractivity contribution in [3.63, 3.8) is 0 Å². The first kappa shape index (κ1) is 19.5. The Balaban J connectivity index is 1.32. The number of likely N-dealkylation sites (N-methyl/N-ethyl adjacent to an activating group) is 1. The highest BCUT2D eigenvalue weighted by molar-refractivity contribution is 7.16. The van der Waals surface area contributed by atoms with Gasteiger partial charge in [-0.2, -0.15) is 0 Å². The number of phenolic OH excluding ortho intramolecular Hbond substituents is 1. The molecule has 0 aliphatic carbocycles. The Labute approximate surface area is 179 Å². The van der Waals surface area contributed by atoms with Crippen molar-refractivity contribution >= 4 is 11.3 Å². The molecule has 0 radical (unpaired) electrons. The van der Waals surface area contributed by atoms with Crippen LogP contribution in [-0.4, -0.2) is 67.7 Å². The fourth-order valence-electron chi connectivity index (χ4n) is 4.86.